The van der Waals surface area contributed by atoms with Gasteiger partial charge in [-0.3, -0.25) is 0 Å². The number of hydrogen-bond donors (Lipinski definition) is 0. The van der Waals surface area contributed by atoms with E-state index >= 15 is 0 Å². The Morgan fingerprint density at radius 1 is 1.27 bits per heavy atom. The smallest absolute Gasteiger partial charge is 0.123 e. The highest BCUT2D eigenvalue weighted by Gasteiger charge is 2.40. The number of benzene rings is 1. The summed E-state index contributed by atoms with van der Waals surface area (Å²) in [6.07, 6.45) is 7.92. The molecule has 0 fully saturated rings. The summed E-state index contributed by atoms with van der Waals surface area (Å²) in [5.74, 6) is 1.74. The van der Waals surface area contributed by atoms with E-state index in [1.807, 2.05) is 0 Å². The van der Waals surface area contributed by atoms with Crippen LogP contribution in [-0.2, 0) is 6.42 Å². The summed E-state index contributed by atoms with van der Waals surface area (Å²) in [4.78, 5) is 0. The van der Waals surface area contributed by atoms with Gasteiger partial charge in [0.15, 0.2) is 0 Å². The molecule has 0 saturated heterocycles. The van der Waals surface area contributed by atoms with E-state index in [0.29, 0.717) is 5.92 Å². The van der Waals surface area contributed by atoms with Crippen molar-refractivity contribution in [1.82, 2.24) is 0 Å². The minimum absolute atomic E-state index is 0.0309. The van der Waals surface area contributed by atoms with E-state index in [2.05, 4.69) is 43.3 Å². The molecule has 0 spiro atoms. The van der Waals surface area contributed by atoms with Crippen LogP contribution in [0.2, 0.25) is 0 Å². The van der Waals surface area contributed by atoms with Crippen LogP contribution in [-0.4, -0.2) is 5.60 Å². The predicted octanol–water partition coefficient (Wildman–Crippen LogP) is 3.35. The van der Waals surface area contributed by atoms with Gasteiger partial charge in [-0.1, -0.05) is 30.4 Å². The van der Waals surface area contributed by atoms with Crippen molar-refractivity contribution in [3.63, 3.8) is 0 Å². The van der Waals surface area contributed by atoms with E-state index < -0.39 is 0 Å². The normalized spacial score (nSPS) is 32.7. The van der Waals surface area contributed by atoms with E-state index in [9.17, 15) is 0 Å². The maximum absolute atomic E-state index is 6.17. The number of hydrogen-bond acceptors (Lipinski definition) is 1. The zero-order chi connectivity index (χ0) is 10.3. The summed E-state index contributed by atoms with van der Waals surface area (Å²) >= 11 is 0. The first-order valence-electron chi connectivity index (χ1n) is 5.70. The van der Waals surface area contributed by atoms with E-state index in [0.717, 1.165) is 25.0 Å². The van der Waals surface area contributed by atoms with Crippen LogP contribution in [0.1, 0.15) is 25.3 Å². The van der Waals surface area contributed by atoms with Crippen molar-refractivity contribution in [3.05, 3.63) is 42.0 Å². The third kappa shape index (κ3) is 1.38. The highest BCUT2D eigenvalue weighted by atomic mass is 16.5. The largest absolute Gasteiger partial charge is 0.487 e. The predicted molar refractivity (Wildman–Crippen MR) is 61.0 cm³/mol. The molecule has 1 heterocycles. The Hall–Kier alpha value is -1.24. The first kappa shape index (κ1) is 9.02. The van der Waals surface area contributed by atoms with Gasteiger partial charge in [-0.25, -0.2) is 0 Å². The molecule has 1 aliphatic heterocycles. The highest BCUT2D eigenvalue weighted by molar-refractivity contribution is 5.37. The van der Waals surface area contributed by atoms with Crippen LogP contribution >= 0.6 is 0 Å². The number of rotatable bonds is 0. The quantitative estimate of drug-likeness (QED) is 0.583. The molecular weight excluding hydrogens is 184 g/mol. The van der Waals surface area contributed by atoms with E-state index in [-0.39, 0.29) is 5.60 Å². The minimum atomic E-state index is 0.0309. The van der Waals surface area contributed by atoms with Gasteiger partial charge in [-0.15, -0.1) is 0 Å². The first-order chi connectivity index (χ1) is 7.28. The molecule has 15 heavy (non-hydrogen) atoms. The van der Waals surface area contributed by atoms with Gasteiger partial charge in [0.05, 0.1) is 0 Å². The summed E-state index contributed by atoms with van der Waals surface area (Å²) in [5.41, 5.74) is 1.40. The maximum Gasteiger partial charge on any atom is 0.123 e. The van der Waals surface area contributed by atoms with Crippen molar-refractivity contribution >= 4 is 0 Å². The van der Waals surface area contributed by atoms with Crippen LogP contribution in [0.25, 0.3) is 0 Å². The van der Waals surface area contributed by atoms with Gasteiger partial charge < -0.3 is 4.74 Å². The molecule has 2 atom stereocenters. The van der Waals surface area contributed by atoms with Gasteiger partial charge in [0, 0.05) is 12.3 Å². The Morgan fingerprint density at radius 2 is 2.13 bits per heavy atom. The fraction of sp³-hybridized carbons (Fsp3) is 0.429. The summed E-state index contributed by atoms with van der Waals surface area (Å²) in [7, 11) is 0. The van der Waals surface area contributed by atoms with Crippen LogP contribution in [0.5, 0.6) is 5.75 Å². The van der Waals surface area contributed by atoms with Crippen LogP contribution in [0, 0.1) is 5.92 Å². The fourth-order valence-electron chi connectivity index (χ4n) is 2.71. The second-order valence-corrected chi connectivity index (χ2v) is 4.83. The Labute approximate surface area is 90.8 Å². The molecular formula is C14H16O. The highest BCUT2D eigenvalue weighted by Crippen LogP contribution is 2.42. The molecule has 1 aromatic carbocycles. The van der Waals surface area contributed by atoms with E-state index in [4.69, 9.17) is 4.74 Å². The Kier molecular flexibility index (Phi) is 1.88. The number of ether oxygens (including phenoxy) is 1. The van der Waals surface area contributed by atoms with Gasteiger partial charge >= 0.3 is 0 Å². The van der Waals surface area contributed by atoms with Crippen molar-refractivity contribution in [1.29, 1.82) is 0 Å². The topological polar surface area (TPSA) is 9.23 Å². The van der Waals surface area contributed by atoms with Gasteiger partial charge in [0.2, 0.25) is 0 Å². The van der Waals surface area contributed by atoms with E-state index in [1.54, 1.807) is 0 Å². The molecule has 3 rings (SSSR count). The molecule has 1 aromatic rings. The van der Waals surface area contributed by atoms with Crippen molar-refractivity contribution in [2.45, 2.75) is 31.8 Å². The lowest BCUT2D eigenvalue weighted by molar-refractivity contribution is 0.00840. The Bertz CT molecular complexity index is 408. The van der Waals surface area contributed by atoms with Crippen molar-refractivity contribution in [3.8, 4) is 5.75 Å². The molecule has 1 unspecified atom stereocenters. The van der Waals surface area contributed by atoms with Gasteiger partial charge in [0.25, 0.3) is 0 Å². The molecule has 0 radical (unpaired) electrons. The molecule has 0 saturated carbocycles. The molecule has 2 aliphatic rings. The van der Waals surface area contributed by atoms with Crippen LogP contribution in [0.15, 0.2) is 36.4 Å². The second kappa shape index (κ2) is 3.13. The molecule has 1 heteroatoms. The lowest BCUT2D eigenvalue weighted by Gasteiger charge is -2.43. The monoisotopic (exact) mass is 200 g/mol. The average Bonchev–Trinajstić information content (AvgIpc) is 2.25. The SMILES string of the molecule is C[C@@]12CC=CCC1Cc1ccccc1O2. The minimum Gasteiger partial charge on any atom is -0.487 e. The number of fused-ring (bicyclic) bond motifs is 2. The molecule has 0 aromatic heterocycles. The zero-order valence-corrected chi connectivity index (χ0v) is 9.07. The van der Waals surface area contributed by atoms with Gasteiger partial charge in [-0.2, -0.15) is 0 Å². The molecule has 78 valence electrons. The fourth-order valence-corrected chi connectivity index (χ4v) is 2.71. The van der Waals surface area contributed by atoms with Crippen LogP contribution in [0.4, 0.5) is 0 Å². The summed E-state index contributed by atoms with van der Waals surface area (Å²) in [6.45, 7) is 2.25. The van der Waals surface area contributed by atoms with Gasteiger partial charge in [0.1, 0.15) is 11.4 Å². The third-order valence-corrected chi connectivity index (χ3v) is 3.76. The third-order valence-electron chi connectivity index (χ3n) is 3.76. The zero-order valence-electron chi connectivity index (χ0n) is 9.07. The summed E-state index contributed by atoms with van der Waals surface area (Å²) in [5, 5.41) is 0. The molecule has 1 aliphatic carbocycles. The molecule has 0 N–H and O–H groups in total. The molecule has 1 nitrogen and oxygen atoms in total. The summed E-state index contributed by atoms with van der Waals surface area (Å²) in [6, 6.07) is 8.44. The van der Waals surface area contributed by atoms with Crippen LogP contribution < -0.4 is 4.74 Å². The lowest BCUT2D eigenvalue weighted by Crippen LogP contribution is -2.45. The van der Waals surface area contributed by atoms with Gasteiger partial charge in [-0.05, 0) is 31.4 Å². The molecule has 0 amide bonds. The average molecular weight is 200 g/mol. The molecule has 0 bridgehead atoms. The number of allylic oxidation sites excluding steroid dienone is 1. The Balaban J connectivity index is 2.01. The van der Waals surface area contributed by atoms with Crippen molar-refractivity contribution in [2.24, 2.45) is 5.92 Å². The first-order valence-corrected chi connectivity index (χ1v) is 5.70. The second-order valence-electron chi connectivity index (χ2n) is 4.83. The lowest BCUT2D eigenvalue weighted by atomic mass is 9.75. The van der Waals surface area contributed by atoms with Crippen LogP contribution in [0.3, 0.4) is 0 Å². The summed E-state index contributed by atoms with van der Waals surface area (Å²) < 4.78 is 6.17. The Morgan fingerprint density at radius 3 is 3.07 bits per heavy atom. The van der Waals surface area contributed by atoms with Crippen molar-refractivity contribution in [2.75, 3.05) is 0 Å². The number of para-hydroxylation sites is 1. The standard InChI is InChI=1S/C14H16O/c1-14-9-5-4-7-12(14)10-11-6-2-3-8-13(11)15-14/h2-6,8,12H,7,9-10H2,1H3/t12?,14-/m1/s1. The van der Waals surface area contributed by atoms with E-state index in [1.165, 1.54) is 5.56 Å². The van der Waals surface area contributed by atoms with Crippen molar-refractivity contribution < 1.29 is 4.74 Å². The maximum atomic E-state index is 6.17.